The highest BCUT2D eigenvalue weighted by Crippen LogP contribution is 2.12. The smallest absolute Gasteiger partial charge is 0.308 e. The van der Waals surface area contributed by atoms with Gasteiger partial charge < -0.3 is 4.74 Å². The van der Waals surface area contributed by atoms with Crippen LogP contribution < -0.4 is 0 Å². The zero-order chi connectivity index (χ0) is 17.1. The van der Waals surface area contributed by atoms with Gasteiger partial charge in [-0.15, -0.1) is 0 Å². The zero-order valence-corrected chi connectivity index (χ0v) is 13.1. The molecule has 10 heteroatoms. The lowest BCUT2D eigenvalue weighted by Gasteiger charge is -2.19. The lowest BCUT2D eigenvalue weighted by molar-refractivity contribution is -0.527. The molecule has 132 valence electrons. The Balaban J connectivity index is 3.90. The number of unbranched alkanes of at least 4 members (excludes halogenated alkanes) is 1. The molecule has 0 bridgehead atoms. The lowest BCUT2D eigenvalue weighted by atomic mass is 9.99. The Morgan fingerprint density at radius 2 is 1.68 bits per heavy atom. The summed E-state index contributed by atoms with van der Waals surface area (Å²) in [5.74, 6) is -0.205. The van der Waals surface area contributed by atoms with E-state index in [0.29, 0.717) is 19.3 Å². The minimum Gasteiger partial charge on any atom is -0.465 e. The van der Waals surface area contributed by atoms with Gasteiger partial charge in [0.05, 0.1) is 23.3 Å². The zero-order valence-electron chi connectivity index (χ0n) is 13.1. The maximum absolute atomic E-state index is 11.6. The maximum Gasteiger partial charge on any atom is 0.308 e. The van der Waals surface area contributed by atoms with Gasteiger partial charge in [0.2, 0.25) is 0 Å². The topological polar surface area (TPSA) is 132 Å². The molecule has 0 aromatic heterocycles. The van der Waals surface area contributed by atoms with Crippen molar-refractivity contribution in [3.05, 3.63) is 0 Å². The highest BCUT2D eigenvalue weighted by Gasteiger charge is 2.18. The summed E-state index contributed by atoms with van der Waals surface area (Å²) in [6.45, 7) is 5.62. The summed E-state index contributed by atoms with van der Waals surface area (Å²) in [6.07, 6.45) is 0.599. The molecule has 2 atom stereocenters. The van der Waals surface area contributed by atoms with Gasteiger partial charge in [-0.1, -0.05) is 20.8 Å². The summed E-state index contributed by atoms with van der Waals surface area (Å²) in [5.41, 5.74) is 0. The van der Waals surface area contributed by atoms with Gasteiger partial charge in [0.25, 0.3) is 0 Å². The molecule has 0 aliphatic heterocycles. The van der Waals surface area contributed by atoms with E-state index in [1.165, 1.54) is 0 Å². The maximum atomic E-state index is 11.6. The molecule has 0 heterocycles. The van der Waals surface area contributed by atoms with E-state index in [9.17, 15) is 4.79 Å². The van der Waals surface area contributed by atoms with E-state index >= 15 is 0 Å². The minimum atomic E-state index is -0.818. The van der Waals surface area contributed by atoms with E-state index in [-0.39, 0.29) is 31.0 Å². The van der Waals surface area contributed by atoms with Crippen molar-refractivity contribution in [3.63, 3.8) is 0 Å². The fraction of sp³-hybridized carbons (Fsp3) is 0.917. The molecule has 0 spiro atoms. The normalized spacial score (nSPS) is 14.6. The van der Waals surface area contributed by atoms with E-state index in [1.807, 2.05) is 13.8 Å². The summed E-state index contributed by atoms with van der Waals surface area (Å²) >= 11 is 0. The van der Waals surface area contributed by atoms with Gasteiger partial charge >= 0.3 is 5.97 Å². The summed E-state index contributed by atoms with van der Waals surface area (Å²) in [6, 6.07) is 0. The minimum absolute atomic E-state index is 0.165. The molecular formula is C12H26N2O8. The molecule has 0 radical (unpaired) electrons. The molecule has 22 heavy (non-hydrogen) atoms. The van der Waals surface area contributed by atoms with Gasteiger partial charge in [0, 0.05) is 0 Å². The first-order valence-electron chi connectivity index (χ1n) is 7.06. The fourth-order valence-corrected chi connectivity index (χ4v) is 1.50. The van der Waals surface area contributed by atoms with Crippen molar-refractivity contribution in [3.8, 4) is 0 Å². The summed E-state index contributed by atoms with van der Waals surface area (Å²) in [5, 5.41) is 33.0. The molecule has 10 nitrogen and oxygen atoms in total. The molecule has 0 aliphatic rings. The number of rotatable bonds is 12. The standard InChI is InChI=1S/C12H26N2O8/c1-9(2)10(3)12(15)20-7-5-4-6-11(22-14(18)19)8-21-13(16)17/h9-11,16-19H,4-8H2,1-3H3/t10-,11+/m0/s1. The average molecular weight is 326 g/mol. The quantitative estimate of drug-likeness (QED) is 0.237. The van der Waals surface area contributed by atoms with Gasteiger partial charge in [-0.2, -0.15) is 0 Å². The van der Waals surface area contributed by atoms with Gasteiger partial charge in [-0.05, 0) is 25.2 Å². The molecule has 0 saturated carbocycles. The van der Waals surface area contributed by atoms with Crippen molar-refractivity contribution >= 4 is 5.97 Å². The second-order valence-corrected chi connectivity index (χ2v) is 5.22. The summed E-state index contributed by atoms with van der Waals surface area (Å²) < 4.78 is 5.12. The first-order valence-corrected chi connectivity index (χ1v) is 7.06. The number of hydrogen-bond acceptors (Lipinski definition) is 10. The second kappa shape index (κ2) is 11.7. The Hall–Kier alpha value is -0.850. The highest BCUT2D eigenvalue weighted by atomic mass is 17.1. The monoisotopic (exact) mass is 326 g/mol. The van der Waals surface area contributed by atoms with Crippen molar-refractivity contribution < 1.29 is 40.0 Å². The van der Waals surface area contributed by atoms with Gasteiger partial charge in [-0.25, -0.2) is 9.68 Å². The first kappa shape index (κ1) is 21.1. The molecule has 0 amide bonds. The van der Waals surface area contributed by atoms with E-state index in [4.69, 9.17) is 25.6 Å². The van der Waals surface area contributed by atoms with E-state index < -0.39 is 16.9 Å². The van der Waals surface area contributed by atoms with Crippen molar-refractivity contribution in [1.82, 2.24) is 10.8 Å². The van der Waals surface area contributed by atoms with Crippen molar-refractivity contribution in [2.75, 3.05) is 13.2 Å². The van der Waals surface area contributed by atoms with Crippen LogP contribution in [0.5, 0.6) is 0 Å². The third kappa shape index (κ3) is 10.8. The number of nitrogens with zero attached hydrogens (tertiary/aromatic N) is 2. The molecular weight excluding hydrogens is 300 g/mol. The van der Waals surface area contributed by atoms with Crippen LogP contribution in [0.2, 0.25) is 0 Å². The predicted octanol–water partition coefficient (Wildman–Crippen LogP) is 1.38. The van der Waals surface area contributed by atoms with Crippen LogP contribution >= 0.6 is 0 Å². The fourth-order valence-electron chi connectivity index (χ4n) is 1.50. The van der Waals surface area contributed by atoms with Crippen molar-refractivity contribution in [2.24, 2.45) is 11.8 Å². The van der Waals surface area contributed by atoms with Crippen LogP contribution in [0.25, 0.3) is 0 Å². The van der Waals surface area contributed by atoms with Crippen LogP contribution in [-0.2, 0) is 19.2 Å². The van der Waals surface area contributed by atoms with Crippen LogP contribution in [0.4, 0.5) is 0 Å². The third-order valence-corrected chi connectivity index (χ3v) is 3.16. The summed E-state index contributed by atoms with van der Waals surface area (Å²) in [4.78, 5) is 20.5. The molecule has 0 aliphatic carbocycles. The lowest BCUT2D eigenvalue weighted by Crippen LogP contribution is -2.31. The van der Waals surface area contributed by atoms with Crippen LogP contribution in [0.3, 0.4) is 0 Å². The van der Waals surface area contributed by atoms with Crippen LogP contribution in [0.1, 0.15) is 40.0 Å². The largest absolute Gasteiger partial charge is 0.465 e. The van der Waals surface area contributed by atoms with E-state index in [0.717, 1.165) is 0 Å². The Morgan fingerprint density at radius 3 is 2.18 bits per heavy atom. The number of ether oxygens (including phenoxy) is 1. The Kier molecular flexibility index (Phi) is 11.2. The number of hydrogen-bond donors (Lipinski definition) is 4. The van der Waals surface area contributed by atoms with Crippen LogP contribution in [0.15, 0.2) is 0 Å². The first-order chi connectivity index (χ1) is 10.2. The van der Waals surface area contributed by atoms with Crippen molar-refractivity contribution in [2.45, 2.75) is 46.1 Å². The van der Waals surface area contributed by atoms with Gasteiger partial charge in [-0.3, -0.25) is 25.6 Å². The van der Waals surface area contributed by atoms with Crippen molar-refractivity contribution in [1.29, 1.82) is 0 Å². The molecule has 0 aromatic rings. The predicted molar refractivity (Wildman–Crippen MR) is 70.5 cm³/mol. The van der Waals surface area contributed by atoms with Crippen LogP contribution in [-0.4, -0.2) is 56.9 Å². The molecule has 0 rings (SSSR count). The number of esters is 1. The second-order valence-electron chi connectivity index (χ2n) is 5.22. The van der Waals surface area contributed by atoms with E-state index in [2.05, 4.69) is 9.68 Å². The molecule has 0 aromatic carbocycles. The van der Waals surface area contributed by atoms with E-state index in [1.54, 1.807) is 6.92 Å². The molecule has 0 unspecified atom stereocenters. The number of carbonyl (C=O) groups excluding carboxylic acids is 1. The van der Waals surface area contributed by atoms with Gasteiger partial charge in [0.1, 0.15) is 12.7 Å². The molecule has 0 saturated heterocycles. The molecule has 0 fully saturated rings. The average Bonchev–Trinajstić information content (AvgIpc) is 2.42. The summed E-state index contributed by atoms with van der Waals surface area (Å²) in [7, 11) is 0. The third-order valence-electron chi connectivity index (χ3n) is 3.16. The Bertz CT molecular complexity index is 301. The SMILES string of the molecule is CC(C)[C@H](C)C(=O)OCCCC[C@H](CON(O)O)ON(O)O. The molecule has 4 N–H and O–H groups in total. The van der Waals surface area contributed by atoms with Crippen LogP contribution in [0, 0.1) is 11.8 Å². The Morgan fingerprint density at radius 1 is 1.05 bits per heavy atom. The highest BCUT2D eigenvalue weighted by molar-refractivity contribution is 5.72. The van der Waals surface area contributed by atoms with Gasteiger partial charge in [0.15, 0.2) is 0 Å². The Labute approximate surface area is 129 Å². The number of carbonyl (C=O) groups is 1.